The first kappa shape index (κ1) is 19.9. The van der Waals surface area contributed by atoms with E-state index in [1.807, 2.05) is 13.0 Å². The maximum atomic E-state index is 12.5. The molecule has 0 fully saturated rings. The summed E-state index contributed by atoms with van der Waals surface area (Å²) in [6.07, 6.45) is 1.01. The minimum Gasteiger partial charge on any atom is -0.324 e. The summed E-state index contributed by atoms with van der Waals surface area (Å²) in [6.45, 7) is 1.95. The molecule has 0 radical (unpaired) electrons. The Kier molecular flexibility index (Phi) is 5.86. The lowest BCUT2D eigenvalue weighted by atomic mass is 10.0. The number of carbonyl (C=O) groups excluding carboxylic acids is 1. The first-order valence-corrected chi connectivity index (χ1v) is 10.7. The van der Waals surface area contributed by atoms with Crippen LogP contribution in [0.15, 0.2) is 60.7 Å². The van der Waals surface area contributed by atoms with E-state index in [2.05, 4.69) is 41.7 Å². The Morgan fingerprint density at radius 2 is 1.86 bits per heavy atom. The van der Waals surface area contributed by atoms with Crippen molar-refractivity contribution < 1.29 is 4.79 Å². The third-order valence-corrected chi connectivity index (χ3v) is 6.39. The molecule has 1 N–H and O–H groups in total. The number of rotatable bonds is 5. The number of nitrogens with zero attached hydrogens (tertiary/aromatic N) is 1. The number of benzene rings is 3. The Morgan fingerprint density at radius 1 is 1.07 bits per heavy atom. The zero-order valence-electron chi connectivity index (χ0n) is 15.7. The van der Waals surface area contributed by atoms with E-state index in [1.54, 1.807) is 29.5 Å². The molecule has 0 unspecified atom stereocenters. The fourth-order valence-electron chi connectivity index (χ4n) is 3.27. The highest BCUT2D eigenvalue weighted by Gasteiger charge is 2.14. The number of aromatic nitrogens is 1. The highest BCUT2D eigenvalue weighted by Crippen LogP contribution is 2.27. The number of fused-ring (bicyclic) bond motifs is 1. The molecule has 146 valence electrons. The summed E-state index contributed by atoms with van der Waals surface area (Å²) in [5.74, 6) is -0.127. The van der Waals surface area contributed by atoms with Crippen LogP contribution in [-0.4, -0.2) is 10.9 Å². The van der Waals surface area contributed by atoms with Gasteiger partial charge in [-0.25, -0.2) is 4.98 Å². The van der Waals surface area contributed by atoms with Gasteiger partial charge in [0.1, 0.15) is 0 Å². The molecule has 1 amide bonds. The van der Waals surface area contributed by atoms with E-state index in [4.69, 9.17) is 28.2 Å². The number of nitrogens with one attached hydrogen (secondary N) is 1. The van der Waals surface area contributed by atoms with Gasteiger partial charge in [-0.2, -0.15) is 0 Å². The average molecular weight is 441 g/mol. The van der Waals surface area contributed by atoms with Gasteiger partial charge in [0.2, 0.25) is 5.91 Å². The first-order valence-electron chi connectivity index (χ1n) is 9.16. The van der Waals surface area contributed by atoms with Gasteiger partial charge in [-0.1, -0.05) is 65.7 Å². The molecular weight excluding hydrogens is 423 g/mol. The molecule has 4 aromatic rings. The number of aryl methyl sites for hydroxylation is 1. The molecule has 0 aliphatic rings. The van der Waals surface area contributed by atoms with Crippen molar-refractivity contribution in [3.05, 3.63) is 91.9 Å². The van der Waals surface area contributed by atoms with Crippen molar-refractivity contribution in [1.82, 2.24) is 4.98 Å². The Hall–Kier alpha value is -2.40. The number of hydrogen-bond donors (Lipinski definition) is 1. The topological polar surface area (TPSA) is 42.0 Å². The number of halogens is 2. The number of amides is 1. The van der Waals surface area contributed by atoms with Crippen molar-refractivity contribution in [3.8, 4) is 0 Å². The second kappa shape index (κ2) is 8.54. The van der Waals surface area contributed by atoms with Crippen LogP contribution in [0.1, 0.15) is 21.1 Å². The van der Waals surface area contributed by atoms with Gasteiger partial charge < -0.3 is 5.32 Å². The second-order valence-corrected chi connectivity index (χ2v) is 8.79. The van der Waals surface area contributed by atoms with Gasteiger partial charge >= 0.3 is 0 Å². The van der Waals surface area contributed by atoms with E-state index in [1.165, 1.54) is 16.3 Å². The molecule has 0 aliphatic carbocycles. The molecular formula is C23H18Cl2N2OS. The van der Waals surface area contributed by atoms with Crippen molar-refractivity contribution >= 4 is 56.9 Å². The molecule has 29 heavy (non-hydrogen) atoms. The summed E-state index contributed by atoms with van der Waals surface area (Å²) < 4.78 is 0. The third-order valence-electron chi connectivity index (χ3n) is 4.68. The molecule has 0 spiro atoms. The quantitative estimate of drug-likeness (QED) is 0.375. The first-order chi connectivity index (χ1) is 14.0. The summed E-state index contributed by atoms with van der Waals surface area (Å²) in [4.78, 5) is 18.1. The van der Waals surface area contributed by atoms with Gasteiger partial charge in [-0.05, 0) is 41.5 Å². The lowest BCUT2D eigenvalue weighted by Crippen LogP contribution is -2.14. The summed E-state index contributed by atoms with van der Waals surface area (Å²) >= 11 is 13.6. The molecule has 3 nitrogen and oxygen atoms in total. The highest BCUT2D eigenvalue weighted by molar-refractivity contribution is 7.11. The van der Waals surface area contributed by atoms with Gasteiger partial charge in [0, 0.05) is 16.3 Å². The van der Waals surface area contributed by atoms with Crippen LogP contribution in [0, 0.1) is 6.92 Å². The lowest BCUT2D eigenvalue weighted by Gasteiger charge is -2.07. The van der Waals surface area contributed by atoms with Crippen molar-refractivity contribution in [2.24, 2.45) is 0 Å². The minimum atomic E-state index is -0.127. The molecule has 3 aromatic carbocycles. The molecule has 0 atom stereocenters. The summed E-state index contributed by atoms with van der Waals surface area (Å²) in [5.41, 5.74) is 2.68. The number of hydrogen-bond acceptors (Lipinski definition) is 3. The molecule has 0 bridgehead atoms. The van der Waals surface area contributed by atoms with Gasteiger partial charge in [-0.3, -0.25) is 4.79 Å². The van der Waals surface area contributed by atoms with E-state index in [0.717, 1.165) is 22.0 Å². The number of anilines is 1. The normalized spacial score (nSPS) is 11.0. The Bertz CT molecular complexity index is 1200. The molecule has 4 rings (SSSR count). The van der Waals surface area contributed by atoms with E-state index < -0.39 is 0 Å². The lowest BCUT2D eigenvalue weighted by molar-refractivity contribution is -0.115. The predicted molar refractivity (Wildman–Crippen MR) is 122 cm³/mol. The fourth-order valence-corrected chi connectivity index (χ4v) is 4.82. The summed E-state index contributed by atoms with van der Waals surface area (Å²) in [5, 5.41) is 7.26. The molecule has 1 heterocycles. The highest BCUT2D eigenvalue weighted by atomic mass is 35.5. The monoisotopic (exact) mass is 440 g/mol. The van der Waals surface area contributed by atoms with Crippen LogP contribution in [0.2, 0.25) is 10.0 Å². The van der Waals surface area contributed by atoms with E-state index >= 15 is 0 Å². The number of thiazole rings is 1. The number of carbonyl (C=O) groups is 1. The summed E-state index contributed by atoms with van der Waals surface area (Å²) in [6, 6.07) is 19.7. The van der Waals surface area contributed by atoms with Crippen molar-refractivity contribution in [2.75, 3.05) is 5.32 Å². The maximum Gasteiger partial charge on any atom is 0.229 e. The third kappa shape index (κ3) is 4.61. The molecule has 0 saturated heterocycles. The van der Waals surface area contributed by atoms with Crippen LogP contribution in [0.5, 0.6) is 0 Å². The zero-order valence-corrected chi connectivity index (χ0v) is 18.0. The van der Waals surface area contributed by atoms with Crippen LogP contribution < -0.4 is 5.32 Å². The van der Waals surface area contributed by atoms with E-state index in [9.17, 15) is 4.79 Å². The largest absolute Gasteiger partial charge is 0.324 e. The van der Waals surface area contributed by atoms with Crippen LogP contribution in [0.25, 0.3) is 10.8 Å². The van der Waals surface area contributed by atoms with E-state index in [0.29, 0.717) is 15.7 Å². The standard InChI is InChI=1S/C23H18Cl2N2OS/c1-14-21(13-22(28)27-20-10-9-17(24)12-19(20)25)29-23(26-14)11-16-7-4-6-15-5-2-3-8-18(15)16/h2-10,12H,11,13H2,1H3,(H,27,28). The zero-order chi connectivity index (χ0) is 20.4. The van der Waals surface area contributed by atoms with Gasteiger partial charge in [0.15, 0.2) is 0 Å². The Labute approximate surface area is 183 Å². The van der Waals surface area contributed by atoms with Crippen molar-refractivity contribution in [2.45, 2.75) is 19.8 Å². The van der Waals surface area contributed by atoms with Crippen LogP contribution in [0.4, 0.5) is 5.69 Å². The minimum absolute atomic E-state index is 0.127. The molecule has 1 aromatic heterocycles. The maximum absolute atomic E-state index is 12.5. The van der Waals surface area contributed by atoms with Crippen LogP contribution in [0.3, 0.4) is 0 Å². The van der Waals surface area contributed by atoms with Crippen molar-refractivity contribution in [1.29, 1.82) is 0 Å². The Balaban J connectivity index is 1.49. The van der Waals surface area contributed by atoms with E-state index in [-0.39, 0.29) is 12.3 Å². The predicted octanol–water partition coefficient (Wildman–Crippen LogP) is 6.68. The average Bonchev–Trinajstić information content (AvgIpc) is 3.03. The van der Waals surface area contributed by atoms with Crippen LogP contribution in [-0.2, 0) is 17.6 Å². The molecule has 0 saturated carbocycles. The van der Waals surface area contributed by atoms with Crippen molar-refractivity contribution in [3.63, 3.8) is 0 Å². The van der Waals surface area contributed by atoms with Gasteiger partial charge in [0.25, 0.3) is 0 Å². The smallest absolute Gasteiger partial charge is 0.229 e. The second-order valence-electron chi connectivity index (χ2n) is 6.78. The fraction of sp³-hybridized carbons (Fsp3) is 0.130. The molecule has 0 aliphatic heterocycles. The Morgan fingerprint density at radius 3 is 2.69 bits per heavy atom. The van der Waals surface area contributed by atoms with Gasteiger partial charge in [-0.15, -0.1) is 11.3 Å². The SMILES string of the molecule is Cc1nc(Cc2cccc3ccccc23)sc1CC(=O)Nc1ccc(Cl)cc1Cl. The summed E-state index contributed by atoms with van der Waals surface area (Å²) in [7, 11) is 0. The van der Waals surface area contributed by atoms with Crippen LogP contribution >= 0.6 is 34.5 Å². The van der Waals surface area contributed by atoms with Gasteiger partial charge in [0.05, 0.1) is 27.8 Å². The molecule has 6 heteroatoms.